The fourth-order valence-electron chi connectivity index (χ4n) is 3.40. The highest BCUT2D eigenvalue weighted by atomic mass is 32.2. The monoisotopic (exact) mass is 447 g/mol. The molecule has 1 amide bonds. The van der Waals surface area contributed by atoms with Gasteiger partial charge in [-0.1, -0.05) is 17.8 Å². The molecule has 0 aliphatic heterocycles. The Bertz CT molecular complexity index is 1440. The van der Waals surface area contributed by atoms with Gasteiger partial charge in [0.2, 0.25) is 0 Å². The standard InChI is InChI=1S/C14H14N4OS.C10H8FN/c1-8-13(6-12(14(15)19)18(8)2)20-10-3-4-11-9(5-10)7-16-17-11;1-7-8-3-2-6-12-10(8)5-4-9(7)11/h3-7H,1-2H3,(H2,15,19)(H,16,17);2-6H,1H3. The van der Waals surface area contributed by atoms with E-state index in [1.165, 1.54) is 6.07 Å². The van der Waals surface area contributed by atoms with Crippen molar-refractivity contribution in [2.45, 2.75) is 23.6 Å². The molecule has 0 aliphatic carbocycles. The third kappa shape index (κ3) is 4.22. The Labute approximate surface area is 188 Å². The van der Waals surface area contributed by atoms with Gasteiger partial charge >= 0.3 is 0 Å². The van der Waals surface area contributed by atoms with E-state index in [0.29, 0.717) is 11.3 Å². The van der Waals surface area contributed by atoms with Crippen LogP contribution in [0.5, 0.6) is 0 Å². The highest BCUT2D eigenvalue weighted by Gasteiger charge is 2.14. The molecular formula is C24H22FN5OS. The molecule has 162 valence electrons. The van der Waals surface area contributed by atoms with Crippen molar-refractivity contribution in [3.63, 3.8) is 0 Å². The summed E-state index contributed by atoms with van der Waals surface area (Å²) in [6.45, 7) is 3.74. The van der Waals surface area contributed by atoms with Crippen molar-refractivity contribution in [1.82, 2.24) is 19.7 Å². The van der Waals surface area contributed by atoms with Crippen molar-refractivity contribution in [2.24, 2.45) is 12.8 Å². The quantitative estimate of drug-likeness (QED) is 0.401. The van der Waals surface area contributed by atoms with E-state index < -0.39 is 5.91 Å². The molecule has 0 aliphatic rings. The lowest BCUT2D eigenvalue weighted by Gasteiger charge is -2.03. The normalized spacial score (nSPS) is 10.9. The number of amides is 1. The molecule has 0 saturated heterocycles. The predicted octanol–water partition coefficient (Wildman–Crippen LogP) is 5.14. The Morgan fingerprint density at radius 2 is 1.97 bits per heavy atom. The van der Waals surface area contributed by atoms with Gasteiger partial charge in [0.1, 0.15) is 11.5 Å². The van der Waals surface area contributed by atoms with Crippen LogP contribution in [-0.4, -0.2) is 25.7 Å². The number of H-pyrrole nitrogens is 1. The number of carbonyl (C=O) groups is 1. The van der Waals surface area contributed by atoms with E-state index in [1.807, 2.05) is 48.9 Å². The van der Waals surface area contributed by atoms with Gasteiger partial charge in [-0.25, -0.2) is 4.39 Å². The number of halogens is 1. The number of primary amides is 1. The number of aromatic amines is 1. The number of benzene rings is 2. The minimum absolute atomic E-state index is 0.171. The molecule has 0 bridgehead atoms. The van der Waals surface area contributed by atoms with Crippen molar-refractivity contribution in [3.8, 4) is 0 Å². The molecule has 0 atom stereocenters. The number of nitrogens with two attached hydrogens (primary N) is 1. The molecule has 3 heterocycles. The first-order valence-corrected chi connectivity index (χ1v) is 10.7. The maximum atomic E-state index is 13.0. The summed E-state index contributed by atoms with van der Waals surface area (Å²) >= 11 is 1.61. The number of rotatable bonds is 3. The second-order valence-electron chi connectivity index (χ2n) is 7.37. The predicted molar refractivity (Wildman–Crippen MR) is 125 cm³/mol. The number of nitrogens with zero attached hydrogens (tertiary/aromatic N) is 3. The third-order valence-corrected chi connectivity index (χ3v) is 6.49. The van der Waals surface area contributed by atoms with Gasteiger partial charge in [0.05, 0.1) is 17.2 Å². The highest BCUT2D eigenvalue weighted by Crippen LogP contribution is 2.33. The smallest absolute Gasteiger partial charge is 0.265 e. The zero-order chi connectivity index (χ0) is 22.8. The second-order valence-corrected chi connectivity index (χ2v) is 8.48. The van der Waals surface area contributed by atoms with Gasteiger partial charge in [-0.05, 0) is 61.9 Å². The van der Waals surface area contributed by atoms with Crippen molar-refractivity contribution in [1.29, 1.82) is 0 Å². The number of hydrogen-bond donors (Lipinski definition) is 2. The van der Waals surface area contributed by atoms with Crippen LogP contribution in [0.2, 0.25) is 0 Å². The van der Waals surface area contributed by atoms with Crippen LogP contribution in [0.3, 0.4) is 0 Å². The van der Waals surface area contributed by atoms with Crippen LogP contribution in [0.1, 0.15) is 21.7 Å². The third-order valence-electron chi connectivity index (χ3n) is 5.37. The summed E-state index contributed by atoms with van der Waals surface area (Å²) in [5.41, 5.74) is 9.44. The van der Waals surface area contributed by atoms with Crippen molar-refractivity contribution in [2.75, 3.05) is 0 Å². The molecule has 0 saturated carbocycles. The van der Waals surface area contributed by atoms with Gasteiger partial charge in [-0.2, -0.15) is 5.10 Å². The van der Waals surface area contributed by atoms with Gasteiger partial charge in [0, 0.05) is 39.5 Å². The summed E-state index contributed by atoms with van der Waals surface area (Å²) in [6, 6.07) is 14.8. The molecule has 3 N–H and O–H groups in total. The molecule has 0 radical (unpaired) electrons. The van der Waals surface area contributed by atoms with Crippen LogP contribution in [0.25, 0.3) is 21.8 Å². The Kier molecular flexibility index (Phi) is 5.96. The molecule has 8 heteroatoms. The van der Waals surface area contributed by atoms with Gasteiger partial charge < -0.3 is 10.3 Å². The first-order chi connectivity index (χ1) is 15.3. The number of nitrogens with one attached hydrogen (secondary N) is 1. The first kappa shape index (κ1) is 21.6. The van der Waals surface area contributed by atoms with E-state index in [0.717, 1.165) is 37.3 Å². The number of aryl methyl sites for hydroxylation is 1. The van der Waals surface area contributed by atoms with Crippen LogP contribution < -0.4 is 5.73 Å². The lowest BCUT2D eigenvalue weighted by molar-refractivity contribution is 0.0992. The zero-order valence-corrected chi connectivity index (χ0v) is 18.7. The largest absolute Gasteiger partial charge is 0.364 e. The molecule has 32 heavy (non-hydrogen) atoms. The van der Waals surface area contributed by atoms with Crippen molar-refractivity contribution >= 4 is 39.5 Å². The summed E-state index contributed by atoms with van der Waals surface area (Å²) in [4.78, 5) is 17.6. The molecule has 6 nitrogen and oxygen atoms in total. The number of carbonyl (C=O) groups excluding carboxylic acids is 1. The Balaban J connectivity index is 0.000000174. The van der Waals surface area contributed by atoms with E-state index in [1.54, 1.807) is 37.1 Å². The molecule has 2 aromatic carbocycles. The molecule has 5 rings (SSSR count). The first-order valence-electron chi connectivity index (χ1n) is 9.92. The lowest BCUT2D eigenvalue weighted by Crippen LogP contribution is -2.15. The van der Waals surface area contributed by atoms with Crippen LogP contribution in [0, 0.1) is 19.7 Å². The van der Waals surface area contributed by atoms with E-state index in [4.69, 9.17) is 5.73 Å². The molecule has 5 aromatic rings. The van der Waals surface area contributed by atoms with Gasteiger partial charge in [-0.15, -0.1) is 0 Å². The van der Waals surface area contributed by atoms with Gasteiger partial charge in [-0.3, -0.25) is 14.9 Å². The SMILES string of the molecule is Cc1c(F)ccc2ncccc12.Cc1c(Sc2ccc3[nH]ncc3c2)cc(C(N)=O)n1C. The van der Waals surface area contributed by atoms with Crippen LogP contribution >= 0.6 is 11.8 Å². The molecule has 0 spiro atoms. The fourth-order valence-corrected chi connectivity index (χ4v) is 4.43. The molecular weight excluding hydrogens is 425 g/mol. The molecule has 0 unspecified atom stereocenters. The summed E-state index contributed by atoms with van der Waals surface area (Å²) in [5, 5.41) is 8.89. The van der Waals surface area contributed by atoms with Crippen LogP contribution in [-0.2, 0) is 7.05 Å². The maximum Gasteiger partial charge on any atom is 0.265 e. The number of pyridine rings is 1. The summed E-state index contributed by atoms with van der Waals surface area (Å²) in [6.07, 6.45) is 3.51. The average molecular weight is 448 g/mol. The highest BCUT2D eigenvalue weighted by molar-refractivity contribution is 7.99. The summed E-state index contributed by atoms with van der Waals surface area (Å²) in [5.74, 6) is -0.580. The van der Waals surface area contributed by atoms with E-state index >= 15 is 0 Å². The Morgan fingerprint density at radius 3 is 2.72 bits per heavy atom. The van der Waals surface area contributed by atoms with Crippen LogP contribution in [0.4, 0.5) is 4.39 Å². The van der Waals surface area contributed by atoms with Gasteiger partial charge in [0.25, 0.3) is 5.91 Å². The second kappa shape index (κ2) is 8.84. The fraction of sp³-hybridized carbons (Fsp3) is 0.125. The minimum atomic E-state index is -0.410. The zero-order valence-electron chi connectivity index (χ0n) is 17.9. The van der Waals surface area contributed by atoms with Gasteiger partial charge in [0.15, 0.2) is 0 Å². The van der Waals surface area contributed by atoms with E-state index in [-0.39, 0.29) is 5.82 Å². The number of hydrogen-bond acceptors (Lipinski definition) is 4. The lowest BCUT2D eigenvalue weighted by atomic mass is 10.1. The van der Waals surface area contributed by atoms with Crippen molar-refractivity contribution < 1.29 is 9.18 Å². The van der Waals surface area contributed by atoms with Crippen LogP contribution in [0.15, 0.2) is 70.7 Å². The average Bonchev–Trinajstić information content (AvgIpc) is 3.37. The number of aromatic nitrogens is 4. The van der Waals surface area contributed by atoms with E-state index in [2.05, 4.69) is 21.2 Å². The van der Waals surface area contributed by atoms with E-state index in [9.17, 15) is 9.18 Å². The molecule has 3 aromatic heterocycles. The Morgan fingerprint density at radius 1 is 1.16 bits per heavy atom. The summed E-state index contributed by atoms with van der Waals surface area (Å²) in [7, 11) is 1.85. The Hall–Kier alpha value is -3.65. The minimum Gasteiger partial charge on any atom is -0.364 e. The topological polar surface area (TPSA) is 89.6 Å². The molecule has 0 fully saturated rings. The van der Waals surface area contributed by atoms with Crippen molar-refractivity contribution in [3.05, 3.63) is 83.7 Å². The summed E-state index contributed by atoms with van der Waals surface area (Å²) < 4.78 is 14.8. The maximum absolute atomic E-state index is 13.0. The number of fused-ring (bicyclic) bond motifs is 2.